The average molecular weight is 277 g/mol. The number of ether oxygens (including phenoxy) is 1. The highest BCUT2D eigenvalue weighted by molar-refractivity contribution is 9.10. The van der Waals surface area contributed by atoms with Gasteiger partial charge in [0, 0.05) is 10.7 Å². The fourth-order valence-corrected chi connectivity index (χ4v) is 1.59. The highest BCUT2D eigenvalue weighted by atomic mass is 79.9. The molecule has 0 atom stereocenters. The lowest BCUT2D eigenvalue weighted by molar-refractivity contribution is 0.300. The van der Waals surface area contributed by atoms with Crippen LogP contribution in [0.15, 0.2) is 29.4 Å². The van der Waals surface area contributed by atoms with Crippen molar-refractivity contribution in [3.63, 3.8) is 0 Å². The van der Waals surface area contributed by atoms with Crippen LogP contribution in [0.5, 0.6) is 5.88 Å². The lowest BCUT2D eigenvalue weighted by Gasteiger charge is -2.05. The van der Waals surface area contributed by atoms with E-state index in [-0.39, 0.29) is 0 Å². The third-order valence-electron chi connectivity index (χ3n) is 1.57. The Labute approximate surface area is 97.1 Å². The predicted molar refractivity (Wildman–Crippen MR) is 61.9 cm³/mol. The average Bonchev–Trinajstić information content (AvgIpc) is 2.15. The van der Waals surface area contributed by atoms with E-state index in [1.165, 1.54) is 0 Å². The minimum Gasteiger partial charge on any atom is -0.477 e. The number of unbranched alkanes of at least 4 members (excludes halogenated alkanes) is 1. The van der Waals surface area contributed by atoms with Crippen LogP contribution >= 0.6 is 27.5 Å². The molecular formula is C10H11BrClNO. The van der Waals surface area contributed by atoms with Crippen molar-refractivity contribution in [3.8, 4) is 5.88 Å². The van der Waals surface area contributed by atoms with Crippen LogP contribution in [-0.2, 0) is 0 Å². The molecule has 0 saturated carbocycles. The van der Waals surface area contributed by atoms with E-state index >= 15 is 0 Å². The van der Waals surface area contributed by atoms with Crippen molar-refractivity contribution < 1.29 is 4.74 Å². The second-order valence-electron chi connectivity index (χ2n) is 2.72. The van der Waals surface area contributed by atoms with E-state index in [0.717, 1.165) is 17.3 Å². The highest BCUT2D eigenvalue weighted by Crippen LogP contribution is 2.24. The summed E-state index contributed by atoms with van der Waals surface area (Å²) in [6.07, 6.45) is 5.39. The van der Waals surface area contributed by atoms with Crippen LogP contribution in [0, 0.1) is 0 Å². The van der Waals surface area contributed by atoms with Gasteiger partial charge in [0.15, 0.2) is 0 Å². The van der Waals surface area contributed by atoms with Crippen molar-refractivity contribution >= 4 is 27.5 Å². The SMILES string of the molecule is C=CCCCOc1ncc(Br)cc1Cl. The summed E-state index contributed by atoms with van der Waals surface area (Å²) in [7, 11) is 0. The Bertz CT molecular complexity index is 317. The molecule has 4 heteroatoms. The predicted octanol–water partition coefficient (Wildman–Crippen LogP) is 3.84. The molecule has 1 rings (SSSR count). The van der Waals surface area contributed by atoms with E-state index < -0.39 is 0 Å². The second kappa shape index (κ2) is 6.04. The third-order valence-corrected chi connectivity index (χ3v) is 2.27. The first-order valence-electron chi connectivity index (χ1n) is 4.29. The number of pyridine rings is 1. The number of allylic oxidation sites excluding steroid dienone is 1. The van der Waals surface area contributed by atoms with E-state index in [2.05, 4.69) is 27.5 Å². The first-order valence-corrected chi connectivity index (χ1v) is 5.46. The molecule has 1 aromatic heterocycles. The van der Waals surface area contributed by atoms with E-state index in [1.807, 2.05) is 6.08 Å². The maximum absolute atomic E-state index is 5.90. The molecule has 0 aromatic carbocycles. The van der Waals surface area contributed by atoms with Gasteiger partial charge in [0.2, 0.25) is 5.88 Å². The van der Waals surface area contributed by atoms with Crippen molar-refractivity contribution in [2.75, 3.05) is 6.61 Å². The summed E-state index contributed by atoms with van der Waals surface area (Å²) in [5, 5.41) is 0.526. The van der Waals surface area contributed by atoms with Crippen molar-refractivity contribution in [2.24, 2.45) is 0 Å². The molecule has 0 bridgehead atoms. The quantitative estimate of drug-likeness (QED) is 0.602. The maximum atomic E-state index is 5.90. The molecule has 14 heavy (non-hydrogen) atoms. The molecule has 0 radical (unpaired) electrons. The summed E-state index contributed by atoms with van der Waals surface area (Å²) in [5.41, 5.74) is 0. The molecule has 0 saturated heterocycles. The summed E-state index contributed by atoms with van der Waals surface area (Å²) < 4.78 is 6.23. The zero-order chi connectivity index (χ0) is 10.4. The van der Waals surface area contributed by atoms with Crippen LogP contribution in [0.25, 0.3) is 0 Å². The van der Waals surface area contributed by atoms with Gasteiger partial charge in [-0.05, 0) is 34.8 Å². The fourth-order valence-electron chi connectivity index (χ4n) is 0.905. The van der Waals surface area contributed by atoms with Crippen molar-refractivity contribution in [2.45, 2.75) is 12.8 Å². The first kappa shape index (κ1) is 11.5. The Kier molecular flexibility index (Phi) is 4.98. The molecule has 0 N–H and O–H groups in total. The molecule has 0 unspecified atom stereocenters. The Morgan fingerprint density at radius 1 is 1.64 bits per heavy atom. The molecule has 1 aromatic rings. The molecule has 0 aliphatic heterocycles. The van der Waals surface area contributed by atoms with Crippen molar-refractivity contribution in [1.82, 2.24) is 4.98 Å². The first-order chi connectivity index (χ1) is 6.74. The third kappa shape index (κ3) is 3.68. The van der Waals surface area contributed by atoms with Gasteiger partial charge in [0.25, 0.3) is 0 Å². The van der Waals surface area contributed by atoms with E-state index in [0.29, 0.717) is 17.5 Å². The Hall–Kier alpha value is -0.540. The van der Waals surface area contributed by atoms with E-state index in [4.69, 9.17) is 16.3 Å². The fraction of sp³-hybridized carbons (Fsp3) is 0.300. The van der Waals surface area contributed by atoms with Crippen LogP contribution in [0.2, 0.25) is 5.02 Å². The van der Waals surface area contributed by atoms with Gasteiger partial charge in [-0.3, -0.25) is 0 Å². The molecular weight excluding hydrogens is 265 g/mol. The molecule has 0 aliphatic carbocycles. The topological polar surface area (TPSA) is 22.1 Å². The van der Waals surface area contributed by atoms with E-state index in [9.17, 15) is 0 Å². The number of halogens is 2. The summed E-state index contributed by atoms with van der Waals surface area (Å²) in [6.45, 7) is 4.24. The summed E-state index contributed by atoms with van der Waals surface area (Å²) in [6, 6.07) is 1.76. The number of nitrogens with zero attached hydrogens (tertiary/aromatic N) is 1. The Morgan fingerprint density at radius 3 is 3.07 bits per heavy atom. The van der Waals surface area contributed by atoms with E-state index in [1.54, 1.807) is 12.3 Å². The summed E-state index contributed by atoms with van der Waals surface area (Å²) in [5.74, 6) is 0.485. The molecule has 76 valence electrons. The van der Waals surface area contributed by atoms with Gasteiger partial charge >= 0.3 is 0 Å². The summed E-state index contributed by atoms with van der Waals surface area (Å²) >= 11 is 9.18. The molecule has 0 aliphatic rings. The standard InChI is InChI=1S/C10H11BrClNO/c1-2-3-4-5-14-10-9(12)6-8(11)7-13-10/h2,6-7H,1,3-5H2. The van der Waals surface area contributed by atoms with Gasteiger partial charge in [-0.25, -0.2) is 4.98 Å². The van der Waals surface area contributed by atoms with Gasteiger partial charge in [0.05, 0.1) is 6.61 Å². The number of aromatic nitrogens is 1. The molecule has 0 fully saturated rings. The highest BCUT2D eigenvalue weighted by Gasteiger charge is 2.02. The minimum atomic E-state index is 0.485. The normalized spacial score (nSPS) is 9.86. The van der Waals surface area contributed by atoms with Crippen LogP contribution in [0.4, 0.5) is 0 Å². The molecule has 2 nitrogen and oxygen atoms in total. The molecule has 0 spiro atoms. The monoisotopic (exact) mass is 275 g/mol. The van der Waals surface area contributed by atoms with Gasteiger partial charge in [0.1, 0.15) is 5.02 Å². The van der Waals surface area contributed by atoms with Gasteiger partial charge in [-0.15, -0.1) is 6.58 Å². The zero-order valence-corrected chi connectivity index (χ0v) is 10.0. The molecule has 1 heterocycles. The smallest absolute Gasteiger partial charge is 0.232 e. The van der Waals surface area contributed by atoms with Crippen LogP contribution in [-0.4, -0.2) is 11.6 Å². The number of hydrogen-bond donors (Lipinski definition) is 0. The van der Waals surface area contributed by atoms with Gasteiger partial charge in [-0.2, -0.15) is 0 Å². The maximum Gasteiger partial charge on any atom is 0.232 e. The largest absolute Gasteiger partial charge is 0.477 e. The number of rotatable bonds is 5. The Morgan fingerprint density at radius 2 is 2.43 bits per heavy atom. The Balaban J connectivity index is 2.46. The van der Waals surface area contributed by atoms with Gasteiger partial charge < -0.3 is 4.74 Å². The van der Waals surface area contributed by atoms with Gasteiger partial charge in [-0.1, -0.05) is 17.7 Å². The lowest BCUT2D eigenvalue weighted by Crippen LogP contribution is -1.98. The molecule has 0 amide bonds. The van der Waals surface area contributed by atoms with Crippen LogP contribution < -0.4 is 4.74 Å². The second-order valence-corrected chi connectivity index (χ2v) is 4.04. The summed E-state index contributed by atoms with van der Waals surface area (Å²) in [4.78, 5) is 4.05. The zero-order valence-electron chi connectivity index (χ0n) is 7.67. The lowest BCUT2D eigenvalue weighted by atomic mass is 10.3. The van der Waals surface area contributed by atoms with Crippen molar-refractivity contribution in [1.29, 1.82) is 0 Å². The number of hydrogen-bond acceptors (Lipinski definition) is 2. The van der Waals surface area contributed by atoms with Crippen molar-refractivity contribution in [3.05, 3.63) is 34.4 Å². The van der Waals surface area contributed by atoms with Crippen LogP contribution in [0.1, 0.15) is 12.8 Å². The minimum absolute atomic E-state index is 0.485. The van der Waals surface area contributed by atoms with Crippen LogP contribution in [0.3, 0.4) is 0 Å².